The number of hydrogen-bond donors (Lipinski definition) is 2. The maximum Gasteiger partial charge on any atom is 0.573 e. The molecule has 0 spiro atoms. The first kappa shape index (κ1) is 25.0. The molecule has 9 heteroatoms. The van der Waals surface area contributed by atoms with E-state index in [9.17, 15) is 13.2 Å². The summed E-state index contributed by atoms with van der Waals surface area (Å²) in [4.78, 5) is 6.21. The van der Waals surface area contributed by atoms with Crippen LogP contribution in [0.4, 0.5) is 13.2 Å². The molecule has 0 aliphatic rings. The first-order valence-corrected chi connectivity index (χ1v) is 8.77. The predicted molar refractivity (Wildman–Crippen MR) is 119 cm³/mol. The molecule has 29 heavy (non-hydrogen) atoms. The standard InChI is InChI=1S/C20H25F3N4O.HI/c1-24-19(25-12-15-7-6-8-16(11-15)14-27(2)3)26-13-17-9-4-5-10-18(17)28-20(21,22)23;/h4-11H,12-14H2,1-3H3,(H2,24,25,26);1H. The Bertz CT molecular complexity index is 797. The molecule has 0 radical (unpaired) electrons. The third-order valence-corrected chi connectivity index (χ3v) is 3.82. The number of halogens is 4. The molecule has 0 saturated carbocycles. The molecule has 0 unspecified atom stereocenters. The molecule has 160 valence electrons. The highest BCUT2D eigenvalue weighted by Gasteiger charge is 2.31. The predicted octanol–water partition coefficient (Wildman–Crippen LogP) is 4.13. The van der Waals surface area contributed by atoms with E-state index in [1.54, 1.807) is 19.2 Å². The summed E-state index contributed by atoms with van der Waals surface area (Å²) < 4.78 is 41.6. The third kappa shape index (κ3) is 9.35. The lowest BCUT2D eigenvalue weighted by Gasteiger charge is -2.16. The Labute approximate surface area is 186 Å². The summed E-state index contributed by atoms with van der Waals surface area (Å²) in [5.74, 6) is 0.258. The Hall–Kier alpha value is -2.01. The molecule has 2 rings (SSSR count). The van der Waals surface area contributed by atoms with E-state index in [1.807, 2.05) is 26.2 Å². The Balaban J connectivity index is 0.00000420. The van der Waals surface area contributed by atoms with Gasteiger partial charge in [0, 0.05) is 32.2 Å². The SMILES string of the molecule is CN=C(NCc1cccc(CN(C)C)c1)NCc1ccccc1OC(F)(F)F.I. The van der Waals surface area contributed by atoms with Crippen molar-refractivity contribution >= 4 is 29.9 Å². The van der Waals surface area contributed by atoms with Crippen molar-refractivity contribution in [3.63, 3.8) is 0 Å². The van der Waals surface area contributed by atoms with Crippen molar-refractivity contribution in [2.45, 2.75) is 26.0 Å². The molecule has 0 heterocycles. The van der Waals surface area contributed by atoms with Crippen molar-refractivity contribution in [1.29, 1.82) is 0 Å². The Kier molecular flexibility index (Phi) is 10.2. The van der Waals surface area contributed by atoms with E-state index >= 15 is 0 Å². The van der Waals surface area contributed by atoms with Crippen LogP contribution >= 0.6 is 24.0 Å². The number of para-hydroxylation sites is 1. The number of ether oxygens (including phenoxy) is 1. The highest BCUT2D eigenvalue weighted by atomic mass is 127. The van der Waals surface area contributed by atoms with Crippen LogP contribution in [0.25, 0.3) is 0 Å². The number of hydrogen-bond acceptors (Lipinski definition) is 3. The molecular weight excluding hydrogens is 496 g/mol. The minimum atomic E-state index is -4.73. The van der Waals surface area contributed by atoms with Crippen LogP contribution < -0.4 is 15.4 Å². The minimum absolute atomic E-state index is 0. The highest BCUT2D eigenvalue weighted by Crippen LogP contribution is 2.26. The van der Waals surface area contributed by atoms with Crippen LogP contribution in [0, 0.1) is 0 Å². The fourth-order valence-corrected chi connectivity index (χ4v) is 2.66. The Morgan fingerprint density at radius 3 is 2.31 bits per heavy atom. The topological polar surface area (TPSA) is 48.9 Å². The van der Waals surface area contributed by atoms with Gasteiger partial charge >= 0.3 is 6.36 Å². The number of alkyl halides is 3. The van der Waals surface area contributed by atoms with Crippen LogP contribution in [0.15, 0.2) is 53.5 Å². The lowest BCUT2D eigenvalue weighted by Crippen LogP contribution is -2.36. The zero-order valence-corrected chi connectivity index (χ0v) is 18.9. The zero-order chi connectivity index (χ0) is 20.6. The van der Waals surface area contributed by atoms with Gasteiger partial charge in [-0.15, -0.1) is 37.1 Å². The van der Waals surface area contributed by atoms with Crippen molar-refractivity contribution in [2.24, 2.45) is 4.99 Å². The summed E-state index contributed by atoms with van der Waals surface area (Å²) in [7, 11) is 5.63. The Morgan fingerprint density at radius 1 is 1.00 bits per heavy atom. The van der Waals surface area contributed by atoms with Gasteiger partial charge in [-0.3, -0.25) is 4.99 Å². The van der Waals surface area contributed by atoms with Crippen LogP contribution in [0.5, 0.6) is 5.75 Å². The fraction of sp³-hybridized carbons (Fsp3) is 0.350. The summed E-state index contributed by atoms with van der Waals surface area (Å²) in [6.07, 6.45) is -4.73. The van der Waals surface area contributed by atoms with Gasteiger partial charge in [-0.05, 0) is 31.3 Å². The molecular formula is C20H26F3IN4O. The number of nitrogens with one attached hydrogen (secondary N) is 2. The van der Waals surface area contributed by atoms with E-state index in [2.05, 4.69) is 37.4 Å². The van der Waals surface area contributed by atoms with E-state index in [1.165, 1.54) is 17.7 Å². The van der Waals surface area contributed by atoms with Crippen molar-refractivity contribution in [2.75, 3.05) is 21.1 Å². The summed E-state index contributed by atoms with van der Waals surface area (Å²) in [5, 5.41) is 6.18. The van der Waals surface area contributed by atoms with Crippen molar-refractivity contribution < 1.29 is 17.9 Å². The first-order valence-electron chi connectivity index (χ1n) is 8.77. The van der Waals surface area contributed by atoms with Crippen molar-refractivity contribution in [3.05, 3.63) is 65.2 Å². The smallest absolute Gasteiger partial charge is 0.405 e. The molecule has 2 aromatic carbocycles. The van der Waals surface area contributed by atoms with E-state index in [0.29, 0.717) is 18.1 Å². The van der Waals surface area contributed by atoms with Gasteiger partial charge in [0.25, 0.3) is 0 Å². The number of guanidine groups is 1. The van der Waals surface area contributed by atoms with Crippen LogP contribution in [0.2, 0.25) is 0 Å². The normalized spacial score (nSPS) is 11.8. The van der Waals surface area contributed by atoms with Gasteiger partial charge in [-0.1, -0.05) is 42.5 Å². The summed E-state index contributed by atoms with van der Waals surface area (Å²) in [5.41, 5.74) is 2.67. The second kappa shape index (κ2) is 11.9. The lowest BCUT2D eigenvalue weighted by atomic mass is 10.1. The molecule has 2 aromatic rings. The van der Waals surface area contributed by atoms with Gasteiger partial charge in [0.05, 0.1) is 0 Å². The fourth-order valence-electron chi connectivity index (χ4n) is 2.66. The van der Waals surface area contributed by atoms with Gasteiger partial charge in [-0.2, -0.15) is 0 Å². The molecule has 0 fully saturated rings. The third-order valence-electron chi connectivity index (χ3n) is 3.82. The number of rotatable bonds is 7. The number of aliphatic imine (C=N–C) groups is 1. The van der Waals surface area contributed by atoms with Crippen LogP contribution in [0.3, 0.4) is 0 Å². The minimum Gasteiger partial charge on any atom is -0.405 e. The molecule has 2 N–H and O–H groups in total. The molecule has 0 saturated heterocycles. The summed E-state index contributed by atoms with van der Waals surface area (Å²) >= 11 is 0. The monoisotopic (exact) mass is 522 g/mol. The average Bonchev–Trinajstić information content (AvgIpc) is 2.61. The van der Waals surface area contributed by atoms with Gasteiger partial charge in [-0.25, -0.2) is 0 Å². The molecule has 0 aliphatic heterocycles. The number of nitrogens with zero attached hydrogens (tertiary/aromatic N) is 2. The second-order valence-electron chi connectivity index (χ2n) is 6.49. The van der Waals surface area contributed by atoms with Crippen molar-refractivity contribution in [1.82, 2.24) is 15.5 Å². The molecule has 0 aliphatic carbocycles. The molecule has 0 aromatic heterocycles. The zero-order valence-electron chi connectivity index (χ0n) is 16.6. The van der Waals surface area contributed by atoms with E-state index < -0.39 is 6.36 Å². The quantitative estimate of drug-likeness (QED) is 0.327. The van der Waals surface area contributed by atoms with Gasteiger partial charge in [0.2, 0.25) is 0 Å². The largest absolute Gasteiger partial charge is 0.573 e. The van der Waals surface area contributed by atoms with Crippen molar-refractivity contribution in [3.8, 4) is 5.75 Å². The Morgan fingerprint density at radius 2 is 1.66 bits per heavy atom. The summed E-state index contributed by atoms with van der Waals surface area (Å²) in [6, 6.07) is 14.2. The maximum atomic E-state index is 12.5. The second-order valence-corrected chi connectivity index (χ2v) is 6.49. The van der Waals surface area contributed by atoms with Gasteiger partial charge < -0.3 is 20.3 Å². The van der Waals surface area contributed by atoms with E-state index in [4.69, 9.17) is 0 Å². The summed E-state index contributed by atoms with van der Waals surface area (Å²) in [6.45, 7) is 1.53. The first-order chi connectivity index (χ1) is 13.3. The van der Waals surface area contributed by atoms with Gasteiger partial charge in [0.1, 0.15) is 5.75 Å². The lowest BCUT2D eigenvalue weighted by molar-refractivity contribution is -0.274. The average molecular weight is 522 g/mol. The molecule has 0 amide bonds. The van der Waals surface area contributed by atoms with Crippen LogP contribution in [-0.2, 0) is 19.6 Å². The van der Waals surface area contributed by atoms with E-state index in [0.717, 1.165) is 12.1 Å². The van der Waals surface area contributed by atoms with Gasteiger partial charge in [0.15, 0.2) is 5.96 Å². The number of benzene rings is 2. The van der Waals surface area contributed by atoms with Crippen LogP contribution in [0.1, 0.15) is 16.7 Å². The van der Waals surface area contributed by atoms with Crippen LogP contribution in [-0.4, -0.2) is 38.4 Å². The van der Waals surface area contributed by atoms with E-state index in [-0.39, 0.29) is 36.3 Å². The molecule has 0 atom stereocenters. The maximum absolute atomic E-state index is 12.5. The molecule has 0 bridgehead atoms. The molecule has 5 nitrogen and oxygen atoms in total. The highest BCUT2D eigenvalue weighted by molar-refractivity contribution is 14.0.